The van der Waals surface area contributed by atoms with Gasteiger partial charge in [-0.25, -0.2) is 0 Å². The molecule has 53 heavy (non-hydrogen) atoms. The van der Waals surface area contributed by atoms with E-state index in [2.05, 4.69) is 87.1 Å². The van der Waals surface area contributed by atoms with Crippen molar-refractivity contribution in [3.8, 4) is 11.5 Å². The zero-order chi connectivity index (χ0) is 33.5. The number of hydrogen-bond acceptors (Lipinski definition) is 12. The molecule has 2 aromatic carbocycles. The summed E-state index contributed by atoms with van der Waals surface area (Å²) in [7, 11) is 0. The molecule has 0 radical (unpaired) electrons. The average Bonchev–Trinajstić information content (AvgIpc) is 2.90. The van der Waals surface area contributed by atoms with Crippen LogP contribution in [0.5, 0.6) is 11.5 Å². The van der Waals surface area contributed by atoms with Crippen LogP contribution < -0.4 is 31.5 Å². The molecular formula is C30H62Cd2N6O15+2. The summed E-state index contributed by atoms with van der Waals surface area (Å²) in [6.07, 6.45) is 1.82. The smallest absolute Gasteiger partial charge is 0.872 e. The van der Waals surface area contributed by atoms with Crippen LogP contribution in [0.2, 0.25) is 0 Å². The molecule has 0 amide bonds. The quantitative estimate of drug-likeness (QED) is 0.0992. The van der Waals surface area contributed by atoms with Crippen molar-refractivity contribution in [2.75, 3.05) is 26.2 Å². The minimum absolute atomic E-state index is 0. The third kappa shape index (κ3) is 29.8. The molecule has 1 aliphatic rings. The molecule has 0 aromatic heterocycles. The zero-order valence-electron chi connectivity index (χ0n) is 31.6. The monoisotopic (exact) mass is 974 g/mol. The first-order chi connectivity index (χ1) is 20.5. The van der Waals surface area contributed by atoms with Crippen molar-refractivity contribution in [2.45, 2.75) is 80.6 Å². The van der Waals surface area contributed by atoms with Gasteiger partial charge in [0, 0.05) is 52.4 Å². The number of fused-ring (bicyclic) bond motifs is 4. The second kappa shape index (κ2) is 35.5. The SMILES string of the molecule is CCc1cc2c([O-])c(c1)CNCC(C)(C)CNCc1cc(CC)cc(c1[O-])CNCC(C)(C)CNC2.O.O.O.O.O.O=[N+]([O-])[O-].O=[N+]([O-])[O-].[Cd+2].[Cd+2].[OH3+].[OH3+]. The number of aryl methyl sites for hydroxylation is 2. The number of nitrogens with zero attached hydrogens (tertiary/aromatic N) is 2. The van der Waals surface area contributed by atoms with Gasteiger partial charge in [0.25, 0.3) is 0 Å². The van der Waals surface area contributed by atoms with Crippen LogP contribution in [0.25, 0.3) is 0 Å². The molecule has 3 rings (SSSR count). The second-order valence-corrected chi connectivity index (χ2v) is 12.4. The summed E-state index contributed by atoms with van der Waals surface area (Å²) in [4.78, 5) is 16.5. The Morgan fingerprint density at radius 2 is 0.698 bits per heavy atom. The topological polar surface area (TPSA) is 450 Å². The van der Waals surface area contributed by atoms with E-state index in [1.54, 1.807) is 0 Å². The standard InChI is InChI=1S/C30H48N4O2.2Cd.2NO3.7H2O/c1-7-21-9-23-13-31-17-29(3,4)19-33-15-25-11-22(8-2)12-26(28(25)36)16-34-20-30(5,6)18-32-14-24(10-21)27(23)35;;;2*2-1(3)4;;;;;;;/h9-12,31-36H,7-8,13-20H2,1-6H3;;;;;7*1H2/q;2*+2;2*-1;;;;;;;. The molecule has 0 fully saturated rings. The zero-order valence-corrected chi connectivity index (χ0v) is 39.7. The Balaban J connectivity index is -0.000000148. The van der Waals surface area contributed by atoms with Gasteiger partial charge in [0.1, 0.15) is 0 Å². The van der Waals surface area contributed by atoms with Gasteiger partial charge in [-0.3, -0.25) is 0 Å². The molecule has 0 aliphatic carbocycles. The van der Waals surface area contributed by atoms with Crippen molar-refractivity contribution in [3.63, 3.8) is 0 Å². The summed E-state index contributed by atoms with van der Waals surface area (Å²) >= 11 is 0. The first-order valence-corrected chi connectivity index (χ1v) is 14.6. The molecule has 23 heteroatoms. The van der Waals surface area contributed by atoms with Gasteiger partial charge in [-0.1, -0.05) is 77.3 Å². The molecule has 4 bridgehead atoms. The van der Waals surface area contributed by atoms with Crippen molar-refractivity contribution in [2.24, 2.45) is 10.8 Å². The van der Waals surface area contributed by atoms with Crippen LogP contribution in [0.15, 0.2) is 24.3 Å². The molecule has 0 spiro atoms. The van der Waals surface area contributed by atoms with Gasteiger partial charge in [-0.2, -0.15) is 0 Å². The van der Waals surface area contributed by atoms with Gasteiger partial charge in [-0.15, -0.1) is 0 Å². The summed E-state index contributed by atoms with van der Waals surface area (Å²) in [5, 5.41) is 69.9. The molecule has 0 unspecified atom stereocenters. The summed E-state index contributed by atoms with van der Waals surface area (Å²) in [5.41, 5.74) is 5.70. The Kier molecular flexibility index (Phi) is 48.4. The van der Waals surface area contributed by atoms with E-state index in [9.17, 15) is 10.2 Å². The number of nitrogens with one attached hydrogen (secondary N) is 4. The molecule has 2 aromatic rings. The Bertz CT molecular complexity index is 1080. The Hall–Kier alpha value is -2.16. The number of hydrogen-bond donors (Lipinski definition) is 4. The maximum absolute atomic E-state index is 13.2. The van der Waals surface area contributed by atoms with Crippen molar-refractivity contribution < 1.29 is 113 Å². The largest absolute Gasteiger partial charge is 2.00 e. The predicted octanol–water partition coefficient (Wildman–Crippen LogP) is -3.37. The van der Waals surface area contributed by atoms with Crippen LogP contribution in [0, 0.1) is 41.5 Å². The molecule has 0 saturated carbocycles. The van der Waals surface area contributed by atoms with Gasteiger partial charge in [0.05, 0.1) is 10.2 Å². The first-order valence-electron chi connectivity index (χ1n) is 14.6. The van der Waals surface area contributed by atoms with Crippen molar-refractivity contribution in [1.29, 1.82) is 0 Å². The van der Waals surface area contributed by atoms with Gasteiger partial charge >= 0.3 is 54.6 Å². The molecule has 0 atom stereocenters. The molecule has 1 aliphatic heterocycles. The number of rotatable bonds is 2. The van der Waals surface area contributed by atoms with Crippen LogP contribution in [0.3, 0.4) is 0 Å². The fourth-order valence-corrected chi connectivity index (χ4v) is 4.85. The minimum Gasteiger partial charge on any atom is -0.872 e. The third-order valence-electron chi connectivity index (χ3n) is 7.10. The van der Waals surface area contributed by atoms with Gasteiger partial charge < -0.3 is 100 Å². The first kappa shape index (κ1) is 72.1. The van der Waals surface area contributed by atoms with Crippen LogP contribution in [-0.2, 0) is 105 Å². The summed E-state index contributed by atoms with van der Waals surface area (Å²) in [5.74, 6) is 0.281. The van der Waals surface area contributed by atoms with E-state index in [1.165, 1.54) is 11.1 Å². The molecular weight excluding hydrogens is 909 g/mol. The average molecular weight is 972 g/mol. The summed E-state index contributed by atoms with van der Waals surface area (Å²) in [6.45, 7) is 18.4. The molecule has 304 valence electrons. The Morgan fingerprint density at radius 1 is 0.528 bits per heavy atom. The van der Waals surface area contributed by atoms with Crippen LogP contribution >= 0.6 is 0 Å². The number of benzene rings is 2. The van der Waals surface area contributed by atoms with Crippen molar-refractivity contribution in [1.82, 2.24) is 21.3 Å². The van der Waals surface area contributed by atoms with Gasteiger partial charge in [0.2, 0.25) is 0 Å². The molecule has 21 nitrogen and oxygen atoms in total. The van der Waals surface area contributed by atoms with Crippen LogP contribution in [0.4, 0.5) is 0 Å². The van der Waals surface area contributed by atoms with Crippen molar-refractivity contribution >= 4 is 0 Å². The van der Waals surface area contributed by atoms with E-state index < -0.39 is 10.2 Å². The van der Waals surface area contributed by atoms with Crippen molar-refractivity contribution in [3.05, 3.63) is 88.3 Å². The van der Waals surface area contributed by atoms with E-state index in [0.717, 1.165) is 61.3 Å². The third-order valence-corrected chi connectivity index (χ3v) is 7.10. The van der Waals surface area contributed by atoms with Gasteiger partial charge in [0.15, 0.2) is 0 Å². The van der Waals surface area contributed by atoms with Crippen LogP contribution in [-0.4, -0.2) is 63.7 Å². The Morgan fingerprint density at radius 3 is 0.849 bits per heavy atom. The van der Waals surface area contributed by atoms with E-state index in [-0.39, 0.29) is 115 Å². The van der Waals surface area contributed by atoms with E-state index >= 15 is 0 Å². The van der Waals surface area contributed by atoms with E-state index in [1.807, 2.05) is 0 Å². The fourth-order valence-electron chi connectivity index (χ4n) is 4.85. The maximum Gasteiger partial charge on any atom is 2.00 e. The van der Waals surface area contributed by atoms with E-state index in [0.29, 0.717) is 26.2 Å². The Labute approximate surface area is 350 Å². The second-order valence-electron chi connectivity index (χ2n) is 12.4. The predicted molar refractivity (Wildman–Crippen MR) is 193 cm³/mol. The molecule has 0 saturated heterocycles. The fraction of sp³-hybridized carbons (Fsp3) is 0.600. The van der Waals surface area contributed by atoms with Crippen LogP contribution in [0.1, 0.15) is 74.9 Å². The van der Waals surface area contributed by atoms with Gasteiger partial charge in [-0.05, 0) is 57.1 Å². The minimum atomic E-state index is -1.75. The molecule has 1 heterocycles. The maximum atomic E-state index is 13.2. The normalized spacial score (nSPS) is 14.2. The summed E-state index contributed by atoms with van der Waals surface area (Å²) < 4.78 is 0. The summed E-state index contributed by atoms with van der Waals surface area (Å²) in [6, 6.07) is 8.21. The molecule has 20 N–H and O–H groups in total. The van der Waals surface area contributed by atoms with E-state index in [4.69, 9.17) is 30.6 Å².